The van der Waals surface area contributed by atoms with Gasteiger partial charge in [0.2, 0.25) is 11.6 Å². The highest BCUT2D eigenvalue weighted by Gasteiger charge is 2.80. The van der Waals surface area contributed by atoms with Gasteiger partial charge >= 0.3 is 0 Å². The molecular formula is C31H22O4. The number of rotatable bonds is 4. The largest absolute Gasteiger partial charge is 0.293 e. The third-order valence-corrected chi connectivity index (χ3v) is 8.95. The van der Waals surface area contributed by atoms with Gasteiger partial charge in [0.25, 0.3) is 0 Å². The molecule has 0 amide bonds. The van der Waals surface area contributed by atoms with E-state index >= 15 is 0 Å². The standard InChI is InChI=1S/C31H22O4/c32-26(18-9-3-1-4-10-18)30-22-13-7-8-14-23(22)31(29(35)28(30)34,27(33)19-11-5-2-6-12-19)25-21-16-15-20(17-21)24(25)30/h1-16,20-21,24-25H,17H2/t20-,21+,24+,25-,30+,31-. The SMILES string of the molecule is O=C1C(=O)[C@]2(C(=O)c3ccccc3)c3ccccc3[C@@]1(C(=O)c1ccccc1)[C@@H]1[C@H]2[C@H]2C=C[C@@H]1C2. The van der Waals surface area contributed by atoms with Gasteiger partial charge in [-0.15, -0.1) is 0 Å². The van der Waals surface area contributed by atoms with E-state index in [0.717, 1.165) is 6.42 Å². The van der Waals surface area contributed by atoms with Crippen LogP contribution in [0.3, 0.4) is 0 Å². The van der Waals surface area contributed by atoms with Crippen LogP contribution in [0.15, 0.2) is 97.1 Å². The van der Waals surface area contributed by atoms with Gasteiger partial charge in [0.15, 0.2) is 11.6 Å². The number of carbonyl (C=O) groups is 4. The average molecular weight is 459 g/mol. The van der Waals surface area contributed by atoms with E-state index in [2.05, 4.69) is 12.2 Å². The molecule has 3 aromatic carbocycles. The van der Waals surface area contributed by atoms with Crippen LogP contribution in [-0.4, -0.2) is 23.1 Å². The summed E-state index contributed by atoms with van der Waals surface area (Å²) in [6.07, 6.45) is 4.93. The molecule has 3 aromatic rings. The summed E-state index contributed by atoms with van der Waals surface area (Å²) in [5.74, 6) is -3.05. The summed E-state index contributed by atoms with van der Waals surface area (Å²) in [6, 6.07) is 24.8. The Morgan fingerprint density at radius 1 is 0.571 bits per heavy atom. The molecule has 4 heteroatoms. The second-order valence-corrected chi connectivity index (χ2v) is 10.2. The zero-order valence-electron chi connectivity index (χ0n) is 18.9. The van der Waals surface area contributed by atoms with Crippen LogP contribution in [0.4, 0.5) is 0 Å². The molecule has 2 fully saturated rings. The minimum atomic E-state index is -1.61. The second-order valence-electron chi connectivity index (χ2n) is 10.2. The summed E-state index contributed by atoms with van der Waals surface area (Å²) in [5.41, 5.74) is -1.32. The van der Waals surface area contributed by atoms with Crippen molar-refractivity contribution in [2.24, 2.45) is 23.7 Å². The molecule has 0 radical (unpaired) electrons. The highest BCUT2D eigenvalue weighted by molar-refractivity contribution is 6.55. The smallest absolute Gasteiger partial charge is 0.218 e. The molecule has 5 aliphatic carbocycles. The summed E-state index contributed by atoms with van der Waals surface area (Å²) in [4.78, 5) is 57.4. The van der Waals surface area contributed by atoms with Crippen LogP contribution in [0.2, 0.25) is 0 Å². The van der Waals surface area contributed by atoms with Gasteiger partial charge in [0.05, 0.1) is 0 Å². The lowest BCUT2D eigenvalue weighted by Crippen LogP contribution is -2.74. The van der Waals surface area contributed by atoms with Crippen LogP contribution in [0.25, 0.3) is 0 Å². The monoisotopic (exact) mass is 458 g/mol. The Balaban J connectivity index is 1.59. The van der Waals surface area contributed by atoms with Crippen molar-refractivity contribution in [3.63, 3.8) is 0 Å². The van der Waals surface area contributed by atoms with Crippen LogP contribution in [-0.2, 0) is 20.4 Å². The third kappa shape index (κ3) is 2.19. The summed E-state index contributed by atoms with van der Waals surface area (Å²) in [5, 5.41) is 0. The zero-order chi connectivity index (χ0) is 23.9. The molecule has 0 spiro atoms. The van der Waals surface area contributed by atoms with Gasteiger partial charge in [0.1, 0.15) is 10.8 Å². The number of hydrogen-bond acceptors (Lipinski definition) is 4. The maximum Gasteiger partial charge on any atom is 0.218 e. The predicted octanol–water partition coefficient (Wildman–Crippen LogP) is 4.53. The highest BCUT2D eigenvalue weighted by Crippen LogP contribution is 2.70. The molecule has 4 bridgehead atoms. The fourth-order valence-corrected chi connectivity index (χ4v) is 7.83. The van der Waals surface area contributed by atoms with E-state index in [1.54, 1.807) is 72.8 Å². The lowest BCUT2D eigenvalue weighted by Gasteiger charge is -2.59. The van der Waals surface area contributed by atoms with Gasteiger partial charge in [-0.1, -0.05) is 97.1 Å². The van der Waals surface area contributed by atoms with E-state index in [9.17, 15) is 19.2 Å². The maximum absolute atomic E-state index is 14.4. The third-order valence-electron chi connectivity index (χ3n) is 8.95. The van der Waals surface area contributed by atoms with Crippen LogP contribution < -0.4 is 0 Å². The normalized spacial score (nSPS) is 33.5. The number of ketones is 4. The van der Waals surface area contributed by atoms with Gasteiger partial charge < -0.3 is 0 Å². The van der Waals surface area contributed by atoms with Crippen molar-refractivity contribution in [1.82, 2.24) is 0 Å². The Labute approximate surface area is 202 Å². The minimum absolute atomic E-state index is 0.0361. The average Bonchev–Trinajstić information content (AvgIpc) is 3.54. The summed E-state index contributed by atoms with van der Waals surface area (Å²) < 4.78 is 0. The number of benzene rings is 3. The van der Waals surface area contributed by atoms with Gasteiger partial charge in [-0.25, -0.2) is 0 Å². The van der Waals surface area contributed by atoms with Crippen molar-refractivity contribution in [2.45, 2.75) is 17.3 Å². The molecule has 2 saturated carbocycles. The molecule has 5 aliphatic rings. The second kappa shape index (κ2) is 6.82. The fraction of sp³-hybridized carbons (Fsp3) is 0.226. The van der Waals surface area contributed by atoms with Gasteiger partial charge in [-0.2, -0.15) is 0 Å². The van der Waals surface area contributed by atoms with Crippen molar-refractivity contribution < 1.29 is 19.2 Å². The van der Waals surface area contributed by atoms with Crippen molar-refractivity contribution in [1.29, 1.82) is 0 Å². The Morgan fingerprint density at radius 2 is 0.943 bits per heavy atom. The molecule has 0 N–H and O–H groups in total. The fourth-order valence-electron chi connectivity index (χ4n) is 7.83. The Hall–Kier alpha value is -3.92. The first-order chi connectivity index (χ1) is 17.0. The molecule has 4 nitrogen and oxygen atoms in total. The van der Waals surface area contributed by atoms with Crippen LogP contribution in [0, 0.1) is 23.7 Å². The predicted molar refractivity (Wildman–Crippen MR) is 129 cm³/mol. The van der Waals surface area contributed by atoms with Crippen LogP contribution >= 0.6 is 0 Å². The number of Topliss-reactive ketones (excluding diaryl/α,β-unsaturated/α-hetero) is 4. The van der Waals surface area contributed by atoms with E-state index < -0.39 is 34.2 Å². The minimum Gasteiger partial charge on any atom is -0.293 e. The van der Waals surface area contributed by atoms with Crippen molar-refractivity contribution in [2.75, 3.05) is 0 Å². The zero-order valence-corrected chi connectivity index (χ0v) is 18.9. The van der Waals surface area contributed by atoms with Crippen molar-refractivity contribution in [3.8, 4) is 0 Å². The lowest BCUT2D eigenvalue weighted by atomic mass is 9.38. The van der Waals surface area contributed by atoms with Gasteiger partial charge in [-0.3, -0.25) is 19.2 Å². The molecule has 35 heavy (non-hydrogen) atoms. The first-order valence-electron chi connectivity index (χ1n) is 12.1. The number of hydrogen-bond donors (Lipinski definition) is 0. The summed E-state index contributed by atoms with van der Waals surface area (Å²) >= 11 is 0. The van der Waals surface area contributed by atoms with E-state index in [4.69, 9.17) is 0 Å². The first-order valence-corrected chi connectivity index (χ1v) is 12.1. The molecule has 0 aliphatic heterocycles. The van der Waals surface area contributed by atoms with E-state index in [1.807, 2.05) is 12.1 Å². The van der Waals surface area contributed by atoms with Gasteiger partial charge in [-0.05, 0) is 41.2 Å². The molecule has 170 valence electrons. The van der Waals surface area contributed by atoms with Crippen molar-refractivity contribution in [3.05, 3.63) is 119 Å². The van der Waals surface area contributed by atoms with E-state index in [0.29, 0.717) is 22.3 Å². The Bertz CT molecular complexity index is 1360. The summed E-state index contributed by atoms with van der Waals surface area (Å²) in [6.45, 7) is 0. The molecule has 0 aromatic heterocycles. The molecule has 6 atom stereocenters. The van der Waals surface area contributed by atoms with E-state index in [1.165, 1.54) is 0 Å². The molecule has 0 unspecified atom stereocenters. The maximum atomic E-state index is 14.4. The summed E-state index contributed by atoms with van der Waals surface area (Å²) in [7, 11) is 0. The quantitative estimate of drug-likeness (QED) is 0.249. The lowest BCUT2D eigenvalue weighted by molar-refractivity contribution is -0.151. The number of carbonyl (C=O) groups excluding carboxylic acids is 4. The topological polar surface area (TPSA) is 68.3 Å². The molecule has 0 heterocycles. The molecule has 8 rings (SSSR count). The van der Waals surface area contributed by atoms with Crippen LogP contribution in [0.1, 0.15) is 38.3 Å². The number of fused-ring (bicyclic) bond motifs is 3. The van der Waals surface area contributed by atoms with E-state index in [-0.39, 0.29) is 23.4 Å². The Kier molecular flexibility index (Phi) is 3.98. The van der Waals surface area contributed by atoms with Crippen molar-refractivity contribution >= 4 is 23.1 Å². The highest BCUT2D eigenvalue weighted by atomic mass is 16.2. The van der Waals surface area contributed by atoms with Crippen LogP contribution in [0.5, 0.6) is 0 Å². The number of allylic oxidation sites excluding steroid dienone is 2. The molecular weight excluding hydrogens is 436 g/mol. The first kappa shape index (κ1) is 20.5. The van der Waals surface area contributed by atoms with Gasteiger partial charge in [0, 0.05) is 11.1 Å². The molecule has 0 saturated heterocycles. The Morgan fingerprint density at radius 3 is 1.34 bits per heavy atom.